The van der Waals surface area contributed by atoms with Crippen molar-refractivity contribution in [2.75, 3.05) is 0 Å². The summed E-state index contributed by atoms with van der Waals surface area (Å²) < 4.78 is 1.90. The summed E-state index contributed by atoms with van der Waals surface area (Å²) in [6, 6.07) is 12.2. The minimum absolute atomic E-state index is 0.0982. The van der Waals surface area contributed by atoms with Gasteiger partial charge in [-0.1, -0.05) is 78.6 Å². The average molecular weight is 484 g/mol. The minimum Gasteiger partial charge on any atom is -0.342 e. The van der Waals surface area contributed by atoms with E-state index in [9.17, 15) is 4.79 Å². The summed E-state index contributed by atoms with van der Waals surface area (Å²) in [7, 11) is 1.89. The molecule has 9 heteroatoms. The first-order valence-corrected chi connectivity index (χ1v) is 11.4. The molecule has 1 amide bonds. The molecular weight excluding hydrogens is 463 g/mol. The minimum atomic E-state index is -0.320. The molecule has 0 aliphatic rings. The van der Waals surface area contributed by atoms with Crippen LogP contribution in [0.15, 0.2) is 47.6 Å². The van der Waals surface area contributed by atoms with Crippen molar-refractivity contribution < 1.29 is 4.79 Å². The molecule has 3 aromatic rings. The zero-order valence-corrected chi connectivity index (χ0v) is 19.8. The van der Waals surface area contributed by atoms with Gasteiger partial charge in [0.15, 0.2) is 11.0 Å². The van der Waals surface area contributed by atoms with Crippen LogP contribution in [0, 0.1) is 5.92 Å². The lowest BCUT2D eigenvalue weighted by Gasteiger charge is -2.22. The second-order valence-electron chi connectivity index (χ2n) is 7.10. The van der Waals surface area contributed by atoms with E-state index in [4.69, 9.17) is 34.8 Å². The molecule has 2 aromatic carbocycles. The lowest BCUT2D eigenvalue weighted by Crippen LogP contribution is -2.33. The molecular formula is C21H21Cl3N4OS. The maximum atomic E-state index is 12.8. The van der Waals surface area contributed by atoms with E-state index in [0.29, 0.717) is 27.2 Å². The molecule has 0 unspecified atom stereocenters. The molecule has 0 aliphatic heterocycles. The van der Waals surface area contributed by atoms with Crippen molar-refractivity contribution in [2.24, 2.45) is 13.0 Å². The fourth-order valence-electron chi connectivity index (χ4n) is 2.87. The van der Waals surface area contributed by atoms with E-state index in [2.05, 4.69) is 15.5 Å². The molecule has 30 heavy (non-hydrogen) atoms. The predicted octanol–water partition coefficient (Wildman–Crippen LogP) is 6.19. The zero-order chi connectivity index (χ0) is 21.8. The van der Waals surface area contributed by atoms with Gasteiger partial charge in [-0.15, -0.1) is 10.2 Å². The average Bonchev–Trinajstić information content (AvgIpc) is 3.07. The molecule has 1 atom stereocenters. The number of thioether (sulfide) groups is 1. The molecule has 0 radical (unpaired) electrons. The normalized spacial score (nSPS) is 12.2. The second kappa shape index (κ2) is 10.1. The molecule has 1 heterocycles. The van der Waals surface area contributed by atoms with Gasteiger partial charge in [0.05, 0.1) is 16.1 Å². The third-order valence-corrected chi connectivity index (χ3v) is 6.77. The maximum Gasteiger partial charge on any atom is 0.251 e. The summed E-state index contributed by atoms with van der Waals surface area (Å²) in [6.45, 7) is 4.04. The Balaban J connectivity index is 1.77. The standard InChI is InChI=1S/C21H21Cl3N4OS/c1-12(2)18(25-20(29)13-8-9-16(23)17(24)10-13)19-26-27-21(28(19)3)30-11-14-6-4-5-7-15(14)22/h4-10,12,18H,11H2,1-3H3,(H,25,29)/t18-/m0/s1. The first kappa shape index (κ1) is 22.9. The molecule has 0 bridgehead atoms. The third-order valence-electron chi connectivity index (χ3n) is 4.60. The van der Waals surface area contributed by atoms with Gasteiger partial charge in [0.2, 0.25) is 0 Å². The number of benzene rings is 2. The van der Waals surface area contributed by atoms with Crippen molar-refractivity contribution in [1.82, 2.24) is 20.1 Å². The molecule has 1 aromatic heterocycles. The molecule has 0 aliphatic carbocycles. The molecule has 158 valence electrons. The van der Waals surface area contributed by atoms with Gasteiger partial charge in [-0.05, 0) is 35.7 Å². The van der Waals surface area contributed by atoms with E-state index in [-0.39, 0.29) is 17.9 Å². The Morgan fingerprint density at radius 2 is 1.80 bits per heavy atom. The Hall–Kier alpha value is -1.73. The van der Waals surface area contributed by atoms with Crippen LogP contribution in [0.4, 0.5) is 0 Å². The van der Waals surface area contributed by atoms with Crippen molar-refractivity contribution in [1.29, 1.82) is 0 Å². The van der Waals surface area contributed by atoms with E-state index >= 15 is 0 Å². The van der Waals surface area contributed by atoms with Gasteiger partial charge in [0.1, 0.15) is 0 Å². The van der Waals surface area contributed by atoms with Gasteiger partial charge in [0.25, 0.3) is 5.91 Å². The van der Waals surface area contributed by atoms with Gasteiger partial charge in [-0.25, -0.2) is 0 Å². The van der Waals surface area contributed by atoms with Crippen LogP contribution in [0.3, 0.4) is 0 Å². The van der Waals surface area contributed by atoms with E-state index in [0.717, 1.165) is 15.7 Å². The summed E-state index contributed by atoms with van der Waals surface area (Å²) in [4.78, 5) is 12.8. The van der Waals surface area contributed by atoms with Crippen LogP contribution in [-0.4, -0.2) is 20.7 Å². The van der Waals surface area contributed by atoms with E-state index in [1.165, 1.54) is 0 Å². The number of carbonyl (C=O) groups is 1. The summed E-state index contributed by atoms with van der Waals surface area (Å²) in [5.74, 6) is 1.20. The third kappa shape index (κ3) is 5.30. The number of aromatic nitrogens is 3. The number of halogens is 3. The number of carbonyl (C=O) groups excluding carboxylic acids is 1. The van der Waals surface area contributed by atoms with Gasteiger partial charge in [-0.2, -0.15) is 0 Å². The highest BCUT2D eigenvalue weighted by Gasteiger charge is 2.25. The maximum absolute atomic E-state index is 12.8. The Morgan fingerprint density at radius 1 is 1.07 bits per heavy atom. The van der Waals surface area contributed by atoms with E-state index in [1.54, 1.807) is 30.0 Å². The molecule has 3 rings (SSSR count). The first-order chi connectivity index (χ1) is 14.3. The highest BCUT2D eigenvalue weighted by atomic mass is 35.5. The van der Waals surface area contributed by atoms with Crippen LogP contribution in [0.1, 0.15) is 41.6 Å². The Bertz CT molecular complexity index is 1050. The summed E-state index contributed by atoms with van der Waals surface area (Å²) in [5.41, 5.74) is 1.47. The van der Waals surface area contributed by atoms with Crippen LogP contribution in [-0.2, 0) is 12.8 Å². The monoisotopic (exact) mass is 482 g/mol. The van der Waals surface area contributed by atoms with Gasteiger partial charge in [0, 0.05) is 23.4 Å². The van der Waals surface area contributed by atoms with Gasteiger partial charge >= 0.3 is 0 Å². The Morgan fingerprint density at radius 3 is 2.47 bits per heavy atom. The second-order valence-corrected chi connectivity index (χ2v) is 9.27. The predicted molar refractivity (Wildman–Crippen MR) is 124 cm³/mol. The number of nitrogens with zero attached hydrogens (tertiary/aromatic N) is 3. The molecule has 0 spiro atoms. The highest BCUT2D eigenvalue weighted by molar-refractivity contribution is 7.98. The first-order valence-electron chi connectivity index (χ1n) is 9.29. The zero-order valence-electron chi connectivity index (χ0n) is 16.7. The van der Waals surface area contributed by atoms with Crippen molar-refractivity contribution in [2.45, 2.75) is 30.8 Å². The molecule has 0 saturated heterocycles. The Kier molecular flexibility index (Phi) is 7.69. The Labute approximate surface area is 195 Å². The smallest absolute Gasteiger partial charge is 0.251 e. The summed E-state index contributed by atoms with van der Waals surface area (Å²) >= 11 is 19.8. The number of hydrogen-bond donors (Lipinski definition) is 1. The largest absolute Gasteiger partial charge is 0.342 e. The molecule has 5 nitrogen and oxygen atoms in total. The lowest BCUT2D eigenvalue weighted by molar-refractivity contribution is 0.0922. The fourth-order valence-corrected chi connectivity index (χ4v) is 4.37. The topological polar surface area (TPSA) is 59.8 Å². The molecule has 1 N–H and O–H groups in total. The molecule has 0 fully saturated rings. The van der Waals surface area contributed by atoms with Crippen LogP contribution in [0.2, 0.25) is 15.1 Å². The van der Waals surface area contributed by atoms with Crippen molar-refractivity contribution >= 4 is 52.5 Å². The summed E-state index contributed by atoms with van der Waals surface area (Å²) in [5, 5.41) is 13.9. The van der Waals surface area contributed by atoms with Crippen LogP contribution in [0.25, 0.3) is 0 Å². The number of nitrogens with one attached hydrogen (secondary N) is 1. The number of hydrogen-bond acceptors (Lipinski definition) is 4. The van der Waals surface area contributed by atoms with E-state index < -0.39 is 0 Å². The highest BCUT2D eigenvalue weighted by Crippen LogP contribution is 2.29. The van der Waals surface area contributed by atoms with Crippen molar-refractivity contribution in [3.63, 3.8) is 0 Å². The SMILES string of the molecule is CC(C)[C@H](NC(=O)c1ccc(Cl)c(Cl)c1)c1nnc(SCc2ccccc2Cl)n1C. The van der Waals surface area contributed by atoms with Gasteiger partial charge in [-0.3, -0.25) is 4.79 Å². The fraction of sp³-hybridized carbons (Fsp3) is 0.286. The number of amides is 1. The van der Waals surface area contributed by atoms with Gasteiger partial charge < -0.3 is 9.88 Å². The lowest BCUT2D eigenvalue weighted by atomic mass is 10.0. The summed E-state index contributed by atoms with van der Waals surface area (Å²) in [6.07, 6.45) is 0. The van der Waals surface area contributed by atoms with Crippen molar-refractivity contribution in [3.05, 3.63) is 74.5 Å². The molecule has 0 saturated carbocycles. The van der Waals surface area contributed by atoms with E-state index in [1.807, 2.05) is 49.7 Å². The van der Waals surface area contributed by atoms with Crippen LogP contribution >= 0.6 is 46.6 Å². The number of rotatable bonds is 7. The van der Waals surface area contributed by atoms with Crippen LogP contribution < -0.4 is 5.32 Å². The quantitative estimate of drug-likeness (QED) is 0.407. The van der Waals surface area contributed by atoms with Crippen molar-refractivity contribution in [3.8, 4) is 0 Å². The van der Waals surface area contributed by atoms with Crippen LogP contribution in [0.5, 0.6) is 0 Å².